The van der Waals surface area contributed by atoms with E-state index in [9.17, 15) is 0 Å². The summed E-state index contributed by atoms with van der Waals surface area (Å²) in [5.41, 5.74) is 11.9. The maximum Gasteiger partial charge on any atom is 0.380 e. The number of anilines is 2. The van der Waals surface area contributed by atoms with Gasteiger partial charge in [0.1, 0.15) is 0 Å². The quantitative estimate of drug-likeness (QED) is 0.164. The van der Waals surface area contributed by atoms with Crippen LogP contribution in [0, 0.1) is 13.8 Å². The maximum atomic E-state index is 17.3. The lowest BCUT2D eigenvalue weighted by molar-refractivity contribution is -0.254. The Bertz CT molecular complexity index is 5380. The number of alkyl halides is 6. The third-order valence-electron chi connectivity index (χ3n) is 21.0. The van der Waals surface area contributed by atoms with E-state index in [1.54, 1.807) is 26.0 Å². The molecule has 10 aromatic carbocycles. The van der Waals surface area contributed by atoms with Gasteiger partial charge in [-0.3, -0.25) is 0 Å². The molecule has 95 heavy (non-hydrogen) atoms. The molecule has 0 fully saturated rings. The topological polar surface area (TPSA) is 26.2 Å². The van der Waals surface area contributed by atoms with Crippen LogP contribution in [0.1, 0.15) is 56.0 Å². The van der Waals surface area contributed by atoms with E-state index < -0.39 is 28.9 Å². The average Bonchev–Trinajstić information content (AvgIpc) is 1.52. The predicted octanol–water partition coefficient (Wildman–Crippen LogP) is 22.2. The highest BCUT2D eigenvalue weighted by molar-refractivity contribution is 7.19. The third kappa shape index (κ3) is 8.28. The lowest BCUT2D eigenvalue weighted by atomic mass is 9.91. The minimum Gasteiger partial charge on any atom is -0.363 e. The summed E-state index contributed by atoms with van der Waals surface area (Å²) in [5, 5.41) is 9.70. The number of allylic oxidation sites excluding steroid dienone is 2. The number of hydrogen-bond acceptors (Lipinski definition) is 4. The Morgan fingerprint density at radius 2 is 0.589 bits per heavy atom. The number of benzene rings is 10. The van der Waals surface area contributed by atoms with E-state index >= 15 is 26.3 Å². The number of nitrogens with zero attached hydrogens (tertiary/aromatic N) is 6. The van der Waals surface area contributed by atoms with Crippen LogP contribution in [0.2, 0.25) is 0 Å². The molecule has 14 heterocycles. The van der Waals surface area contributed by atoms with Crippen LogP contribution in [0.5, 0.6) is 0 Å². The highest BCUT2D eigenvalue weighted by Gasteiger charge is 2.80. The maximum absolute atomic E-state index is 17.3. The normalized spacial score (nSPS) is 16.8. The zero-order chi connectivity index (χ0) is 64.0. The van der Waals surface area contributed by atoms with Crippen molar-refractivity contribution in [2.24, 2.45) is 0 Å². The number of para-hydroxylation sites is 4. The second kappa shape index (κ2) is 20.6. The van der Waals surface area contributed by atoms with Crippen molar-refractivity contribution < 1.29 is 26.3 Å². The summed E-state index contributed by atoms with van der Waals surface area (Å²) >= 11 is 2.32. The number of hydrogen-bond donors (Lipinski definition) is 0. The molecule has 16 aromatic rings. The van der Waals surface area contributed by atoms with Crippen LogP contribution in [0.25, 0.3) is 119 Å². The average molecular weight is 1300 g/mol. The Labute approximate surface area is 550 Å². The van der Waals surface area contributed by atoms with Gasteiger partial charge in [0.15, 0.2) is 0 Å². The van der Waals surface area contributed by atoms with E-state index in [0.29, 0.717) is 35.6 Å². The molecule has 0 amide bonds. The molecule has 0 N–H and O–H groups in total. The van der Waals surface area contributed by atoms with E-state index in [1.165, 1.54) is 43.6 Å². The largest absolute Gasteiger partial charge is 0.380 e. The van der Waals surface area contributed by atoms with Crippen LogP contribution in [-0.4, -0.2) is 36.0 Å². The van der Waals surface area contributed by atoms with Crippen molar-refractivity contribution in [1.29, 1.82) is 0 Å². The molecule has 0 saturated carbocycles. The van der Waals surface area contributed by atoms with Gasteiger partial charge in [0, 0.05) is 203 Å². The molecule has 1 aliphatic carbocycles. The number of fused-ring (bicyclic) bond motifs is 6. The van der Waals surface area contributed by atoms with Crippen molar-refractivity contribution >= 4 is 153 Å². The van der Waals surface area contributed by atoms with Crippen molar-refractivity contribution in [3.63, 3.8) is 0 Å². The molecular formula is C81H60F6N6S2. The molecule has 0 atom stereocenters. The SMILES string of the molecule is Cc1sc2cc(N3Cc4ccc5c(c4)c4ccccc4n5CCCn4c5ccccc5c5cc(ccc54)C3)ccc2c1C1=C(c2c(C)sc3cc(N4Cc5ccc6c(c5)c5ccccc5n6CCCn5c6ccccc6c6cc(ccc65)C4)ccc23)C(F)(F)C(F)(F)C1(F)F. The monoisotopic (exact) mass is 1290 g/mol. The Morgan fingerprint density at radius 1 is 0.305 bits per heavy atom. The van der Waals surface area contributed by atoms with Crippen molar-refractivity contribution in [3.05, 3.63) is 249 Å². The van der Waals surface area contributed by atoms with Crippen LogP contribution in [-0.2, 0) is 52.4 Å². The Kier molecular flexibility index (Phi) is 12.3. The molecule has 0 unspecified atom stereocenters. The molecule has 0 saturated heterocycles. The van der Waals surface area contributed by atoms with Crippen molar-refractivity contribution in [1.82, 2.24) is 18.3 Å². The smallest absolute Gasteiger partial charge is 0.363 e. The summed E-state index contributed by atoms with van der Waals surface area (Å²) < 4.78 is 113. The van der Waals surface area contributed by atoms with Gasteiger partial charge in [-0.2, -0.15) is 26.3 Å². The van der Waals surface area contributed by atoms with Crippen LogP contribution < -0.4 is 9.80 Å². The molecule has 6 nitrogen and oxygen atoms in total. The van der Waals surface area contributed by atoms with Gasteiger partial charge < -0.3 is 28.1 Å². The molecule has 6 aromatic heterocycles. The summed E-state index contributed by atoms with van der Waals surface area (Å²) in [5.74, 6) is -16.3. The van der Waals surface area contributed by atoms with E-state index in [1.807, 2.05) is 24.3 Å². The molecule has 16 bridgehead atoms. The number of aryl methyl sites for hydroxylation is 6. The molecule has 0 spiro atoms. The van der Waals surface area contributed by atoms with E-state index in [4.69, 9.17) is 0 Å². The fourth-order valence-corrected chi connectivity index (χ4v) is 18.9. The summed E-state index contributed by atoms with van der Waals surface area (Å²) in [4.78, 5) is 4.99. The van der Waals surface area contributed by atoms with Gasteiger partial charge >= 0.3 is 17.8 Å². The molecule has 14 heteroatoms. The lowest BCUT2D eigenvalue weighted by Gasteiger charge is -2.26. The van der Waals surface area contributed by atoms with E-state index in [0.717, 1.165) is 139 Å². The van der Waals surface area contributed by atoms with Gasteiger partial charge in [-0.05, 0) is 146 Å². The first-order valence-electron chi connectivity index (χ1n) is 32.6. The van der Waals surface area contributed by atoms with Gasteiger partial charge in [-0.15, -0.1) is 22.7 Å². The first kappa shape index (κ1) is 56.8. The lowest BCUT2D eigenvalue weighted by Crippen LogP contribution is -2.48. The van der Waals surface area contributed by atoms with Crippen LogP contribution in [0.15, 0.2) is 206 Å². The number of thiophene rings is 2. The molecule has 468 valence electrons. The van der Waals surface area contributed by atoms with Crippen LogP contribution in [0.4, 0.5) is 37.7 Å². The fourth-order valence-electron chi connectivity index (χ4n) is 16.7. The Balaban J connectivity index is 0.738. The van der Waals surface area contributed by atoms with Gasteiger partial charge in [0.05, 0.1) is 0 Å². The summed E-state index contributed by atoms with van der Waals surface area (Å²) in [6.45, 7) is 8.35. The number of rotatable bonds is 4. The van der Waals surface area contributed by atoms with Gasteiger partial charge in [-0.25, -0.2) is 0 Å². The number of aromatic nitrogens is 4. The van der Waals surface area contributed by atoms with Crippen molar-refractivity contribution in [2.75, 3.05) is 9.80 Å². The molecular weight excluding hydrogens is 1240 g/mol. The zero-order valence-corrected chi connectivity index (χ0v) is 53.6. The first-order valence-corrected chi connectivity index (χ1v) is 34.3. The first-order chi connectivity index (χ1) is 46.2. The van der Waals surface area contributed by atoms with E-state index in [-0.39, 0.29) is 31.7 Å². The zero-order valence-electron chi connectivity index (χ0n) is 52.0. The highest BCUT2D eigenvalue weighted by atomic mass is 32.1. The standard InChI is InChI=1S/C81H60F6N6S2/c1-47-75(59-27-25-53(41-73(59)94-47)88-43-49-21-29-69-61(37-49)55-13-3-7-17-65(55)90(69)33-11-34-91-66-18-8-4-14-56(66)62-38-50(44-88)22-30-70(62)91)77-78(80(84,85)81(86,87)79(77,82)83)76-48(2)95-74-42-54(26-28-60(74)76)89-45-51-23-31-71-63(39-51)57-15-5-9-19-67(57)92(71)35-12-36-93-68-20-10-6-16-58(68)64-40-52(46-89)24-32-72(64)93/h3-10,13-32,37-42H,11-12,33-36,43-46H2,1-2H3. The summed E-state index contributed by atoms with van der Waals surface area (Å²) in [7, 11) is 0. The van der Waals surface area contributed by atoms with Gasteiger partial charge in [0.2, 0.25) is 0 Å². The highest BCUT2D eigenvalue weighted by Crippen LogP contribution is 2.67. The van der Waals surface area contributed by atoms with Crippen LogP contribution in [0.3, 0.4) is 0 Å². The number of halogens is 6. The third-order valence-corrected chi connectivity index (χ3v) is 23.1. The Hall–Kier alpha value is -9.76. The second-order valence-electron chi connectivity index (χ2n) is 26.4. The predicted molar refractivity (Wildman–Crippen MR) is 382 cm³/mol. The van der Waals surface area contributed by atoms with Crippen molar-refractivity contribution in [3.8, 4) is 0 Å². The van der Waals surface area contributed by atoms with Gasteiger partial charge in [-0.1, -0.05) is 109 Å². The minimum absolute atomic E-state index is 0.215. The van der Waals surface area contributed by atoms with Gasteiger partial charge in [0.25, 0.3) is 0 Å². The second-order valence-corrected chi connectivity index (χ2v) is 28.9. The Morgan fingerprint density at radius 3 is 0.895 bits per heavy atom. The van der Waals surface area contributed by atoms with Crippen LogP contribution >= 0.6 is 22.7 Å². The molecule has 8 aliphatic heterocycles. The van der Waals surface area contributed by atoms with E-state index in [2.05, 4.69) is 198 Å². The molecule has 9 aliphatic rings. The molecule has 0 radical (unpaired) electrons. The van der Waals surface area contributed by atoms with Crippen molar-refractivity contribution in [2.45, 2.75) is 96.8 Å². The minimum atomic E-state index is -5.75. The molecule has 25 rings (SSSR count). The summed E-state index contributed by atoms with van der Waals surface area (Å²) in [6, 6.07) is 71.5. The summed E-state index contributed by atoms with van der Waals surface area (Å²) in [6.07, 6.45) is 1.86. The fraction of sp³-hybridized carbons (Fsp3) is 0.185.